The molecule has 0 radical (unpaired) electrons. The standard InChI is InChI=1S/C18H29N3O2.HI/c1-6-8-9-12-21(3)18(19-7-2)20-14-15-10-11-16(22-4)17(13-15)23-5;/h6,10-11,13H,1,7-9,12,14H2,2-5H3,(H,19,20);1H. The first-order valence-corrected chi connectivity index (χ1v) is 7.97. The van der Waals surface area contributed by atoms with E-state index in [1.165, 1.54) is 0 Å². The van der Waals surface area contributed by atoms with Gasteiger partial charge in [-0.15, -0.1) is 30.6 Å². The molecule has 0 bridgehead atoms. The van der Waals surface area contributed by atoms with Gasteiger partial charge in [0.05, 0.1) is 20.8 Å². The summed E-state index contributed by atoms with van der Waals surface area (Å²) in [5.41, 5.74) is 1.08. The Morgan fingerprint density at radius 1 is 1.29 bits per heavy atom. The van der Waals surface area contributed by atoms with Crippen molar-refractivity contribution in [2.45, 2.75) is 26.3 Å². The van der Waals surface area contributed by atoms with Crippen LogP contribution in [0.3, 0.4) is 0 Å². The molecule has 1 aromatic rings. The Morgan fingerprint density at radius 3 is 2.58 bits per heavy atom. The molecule has 1 rings (SSSR count). The molecule has 0 aliphatic heterocycles. The first kappa shape index (κ1) is 22.6. The quantitative estimate of drug-likeness (QED) is 0.206. The van der Waals surface area contributed by atoms with Gasteiger partial charge in [-0.05, 0) is 37.5 Å². The van der Waals surface area contributed by atoms with Crippen LogP contribution in [-0.2, 0) is 6.54 Å². The first-order valence-electron chi connectivity index (χ1n) is 7.97. The van der Waals surface area contributed by atoms with E-state index in [9.17, 15) is 0 Å². The highest BCUT2D eigenvalue weighted by atomic mass is 127. The van der Waals surface area contributed by atoms with Gasteiger partial charge in [0.2, 0.25) is 0 Å². The molecule has 0 heterocycles. The van der Waals surface area contributed by atoms with Crippen molar-refractivity contribution in [2.24, 2.45) is 4.99 Å². The summed E-state index contributed by atoms with van der Waals surface area (Å²) in [5.74, 6) is 2.37. The van der Waals surface area contributed by atoms with Gasteiger partial charge in [0.15, 0.2) is 17.5 Å². The molecule has 1 N–H and O–H groups in total. The van der Waals surface area contributed by atoms with Gasteiger partial charge in [-0.25, -0.2) is 4.99 Å². The number of aliphatic imine (C=N–C) groups is 1. The van der Waals surface area contributed by atoms with E-state index < -0.39 is 0 Å². The van der Waals surface area contributed by atoms with Crippen LogP contribution in [0.5, 0.6) is 11.5 Å². The number of unbranched alkanes of at least 4 members (excludes halogenated alkanes) is 1. The number of methoxy groups -OCH3 is 2. The highest BCUT2D eigenvalue weighted by molar-refractivity contribution is 14.0. The molecule has 1 aromatic carbocycles. The Kier molecular flexibility index (Phi) is 12.1. The van der Waals surface area contributed by atoms with Crippen molar-refractivity contribution < 1.29 is 9.47 Å². The fourth-order valence-electron chi connectivity index (χ4n) is 2.19. The van der Waals surface area contributed by atoms with Crippen LogP contribution in [0.25, 0.3) is 0 Å². The molecule has 0 aromatic heterocycles. The molecule has 136 valence electrons. The number of nitrogens with zero attached hydrogens (tertiary/aromatic N) is 2. The summed E-state index contributed by atoms with van der Waals surface area (Å²) < 4.78 is 10.6. The number of rotatable bonds is 9. The predicted octanol–water partition coefficient (Wildman–Crippen LogP) is 3.69. The maximum Gasteiger partial charge on any atom is 0.193 e. The number of allylic oxidation sites excluding steroid dienone is 1. The highest BCUT2D eigenvalue weighted by Gasteiger charge is 2.07. The minimum atomic E-state index is 0. The van der Waals surface area contributed by atoms with Gasteiger partial charge >= 0.3 is 0 Å². The van der Waals surface area contributed by atoms with Crippen LogP contribution in [0.2, 0.25) is 0 Å². The van der Waals surface area contributed by atoms with Crippen molar-refractivity contribution >= 4 is 29.9 Å². The lowest BCUT2D eigenvalue weighted by molar-refractivity contribution is 0.354. The zero-order valence-electron chi connectivity index (χ0n) is 15.2. The summed E-state index contributed by atoms with van der Waals surface area (Å²) in [4.78, 5) is 6.85. The van der Waals surface area contributed by atoms with Crippen molar-refractivity contribution in [3.05, 3.63) is 36.4 Å². The summed E-state index contributed by atoms with van der Waals surface area (Å²) in [6.45, 7) is 8.22. The van der Waals surface area contributed by atoms with Crippen LogP contribution in [0.15, 0.2) is 35.8 Å². The third kappa shape index (κ3) is 7.42. The summed E-state index contributed by atoms with van der Waals surface area (Å²) in [5, 5.41) is 3.32. The molecule has 0 atom stereocenters. The Labute approximate surface area is 163 Å². The third-order valence-corrected chi connectivity index (χ3v) is 3.46. The third-order valence-electron chi connectivity index (χ3n) is 3.46. The van der Waals surface area contributed by atoms with E-state index in [0.717, 1.165) is 49.0 Å². The minimum Gasteiger partial charge on any atom is -0.493 e. The van der Waals surface area contributed by atoms with Gasteiger partial charge in [0.1, 0.15) is 0 Å². The topological polar surface area (TPSA) is 46.1 Å². The van der Waals surface area contributed by atoms with Crippen LogP contribution in [0.4, 0.5) is 0 Å². The molecule has 0 aliphatic rings. The number of nitrogens with one attached hydrogen (secondary N) is 1. The van der Waals surface area contributed by atoms with E-state index in [-0.39, 0.29) is 24.0 Å². The van der Waals surface area contributed by atoms with Gasteiger partial charge in [-0.2, -0.15) is 0 Å². The largest absolute Gasteiger partial charge is 0.493 e. The van der Waals surface area contributed by atoms with E-state index in [1.54, 1.807) is 14.2 Å². The Balaban J connectivity index is 0.00000529. The Morgan fingerprint density at radius 2 is 2.00 bits per heavy atom. The zero-order valence-corrected chi connectivity index (χ0v) is 17.5. The van der Waals surface area contributed by atoms with Crippen molar-refractivity contribution in [2.75, 3.05) is 34.4 Å². The Hall–Kier alpha value is -1.44. The van der Waals surface area contributed by atoms with Gasteiger partial charge in [-0.3, -0.25) is 0 Å². The second kappa shape index (κ2) is 12.9. The highest BCUT2D eigenvalue weighted by Crippen LogP contribution is 2.27. The molecule has 0 fully saturated rings. The lowest BCUT2D eigenvalue weighted by Gasteiger charge is -2.21. The number of hydrogen-bond acceptors (Lipinski definition) is 3. The lowest BCUT2D eigenvalue weighted by Crippen LogP contribution is -2.39. The molecule has 0 amide bonds. The van der Waals surface area contributed by atoms with Crippen LogP contribution in [0.1, 0.15) is 25.3 Å². The zero-order chi connectivity index (χ0) is 17.1. The van der Waals surface area contributed by atoms with E-state index in [2.05, 4.69) is 30.8 Å². The van der Waals surface area contributed by atoms with Gasteiger partial charge < -0.3 is 19.7 Å². The molecule has 0 unspecified atom stereocenters. The number of benzene rings is 1. The van der Waals surface area contributed by atoms with E-state index in [0.29, 0.717) is 6.54 Å². The molecule has 0 saturated heterocycles. The van der Waals surface area contributed by atoms with E-state index in [1.807, 2.05) is 24.3 Å². The smallest absolute Gasteiger partial charge is 0.193 e. The first-order chi connectivity index (χ1) is 11.2. The summed E-state index contributed by atoms with van der Waals surface area (Å²) >= 11 is 0. The molecule has 5 nitrogen and oxygen atoms in total. The normalized spacial score (nSPS) is 10.6. The average Bonchev–Trinajstić information content (AvgIpc) is 2.58. The molecular formula is C18H30IN3O2. The SMILES string of the molecule is C=CCCCN(C)C(=NCc1ccc(OC)c(OC)c1)NCC.I. The monoisotopic (exact) mass is 447 g/mol. The molecule has 0 saturated carbocycles. The second-order valence-corrected chi connectivity index (χ2v) is 5.21. The number of hydrogen-bond donors (Lipinski definition) is 1. The van der Waals surface area contributed by atoms with E-state index >= 15 is 0 Å². The second-order valence-electron chi connectivity index (χ2n) is 5.21. The summed E-state index contributed by atoms with van der Waals surface area (Å²) in [7, 11) is 5.33. The van der Waals surface area contributed by atoms with Gasteiger partial charge in [0, 0.05) is 20.1 Å². The number of ether oxygens (including phenoxy) is 2. The van der Waals surface area contributed by atoms with Crippen molar-refractivity contribution in [1.82, 2.24) is 10.2 Å². The van der Waals surface area contributed by atoms with Gasteiger partial charge in [0.25, 0.3) is 0 Å². The fourth-order valence-corrected chi connectivity index (χ4v) is 2.19. The van der Waals surface area contributed by atoms with Crippen LogP contribution in [-0.4, -0.2) is 45.2 Å². The molecule has 24 heavy (non-hydrogen) atoms. The van der Waals surface area contributed by atoms with Crippen molar-refractivity contribution in [3.63, 3.8) is 0 Å². The lowest BCUT2D eigenvalue weighted by atomic mass is 10.2. The molecule has 6 heteroatoms. The van der Waals surface area contributed by atoms with Crippen LogP contribution in [0, 0.1) is 0 Å². The molecule has 0 spiro atoms. The van der Waals surface area contributed by atoms with Crippen LogP contribution < -0.4 is 14.8 Å². The molecular weight excluding hydrogens is 417 g/mol. The van der Waals surface area contributed by atoms with Crippen LogP contribution >= 0.6 is 24.0 Å². The Bertz CT molecular complexity index is 521. The number of halogens is 1. The van der Waals surface area contributed by atoms with Gasteiger partial charge in [-0.1, -0.05) is 12.1 Å². The van der Waals surface area contributed by atoms with Crippen molar-refractivity contribution in [3.8, 4) is 11.5 Å². The summed E-state index contributed by atoms with van der Waals surface area (Å²) in [6.07, 6.45) is 4.03. The maximum absolute atomic E-state index is 5.34. The van der Waals surface area contributed by atoms with E-state index in [4.69, 9.17) is 14.5 Å². The average molecular weight is 447 g/mol. The molecule has 0 aliphatic carbocycles. The maximum atomic E-state index is 5.34. The fraction of sp³-hybridized carbons (Fsp3) is 0.500. The number of guanidine groups is 1. The summed E-state index contributed by atoms with van der Waals surface area (Å²) in [6, 6.07) is 5.88. The minimum absolute atomic E-state index is 0. The van der Waals surface area contributed by atoms with Crippen molar-refractivity contribution in [1.29, 1.82) is 0 Å². The predicted molar refractivity (Wildman–Crippen MR) is 112 cm³/mol.